The molecule has 0 atom stereocenters. The number of methoxy groups -OCH3 is 2. The van der Waals surface area contributed by atoms with Crippen LogP contribution in [0.1, 0.15) is 0 Å². The van der Waals surface area contributed by atoms with E-state index in [-0.39, 0.29) is 5.57 Å². The minimum absolute atomic E-state index is 0.0432. The van der Waals surface area contributed by atoms with Crippen LogP contribution in [0.15, 0.2) is 23.9 Å². The van der Waals surface area contributed by atoms with E-state index in [0.717, 1.165) is 11.1 Å². The molecular formula is C10H14N2O5. The number of urea groups is 1. The Morgan fingerprint density at radius 2 is 2.00 bits per heavy atom. The fourth-order valence-electron chi connectivity index (χ4n) is 1.41. The van der Waals surface area contributed by atoms with E-state index in [1.165, 1.54) is 33.4 Å². The molecule has 0 unspecified atom stereocenters. The van der Waals surface area contributed by atoms with Crippen molar-refractivity contribution in [2.24, 2.45) is 0 Å². The number of nitrogens with one attached hydrogen (secondary N) is 1. The number of carbonyl (C=O) groups is 2. The van der Waals surface area contributed by atoms with Crippen molar-refractivity contribution in [2.45, 2.75) is 5.91 Å². The van der Waals surface area contributed by atoms with E-state index in [1.807, 2.05) is 0 Å². The molecule has 0 aromatic carbocycles. The minimum Gasteiger partial charge on any atom is -0.478 e. The molecule has 7 nitrogen and oxygen atoms in total. The van der Waals surface area contributed by atoms with Gasteiger partial charge in [0.2, 0.25) is 0 Å². The van der Waals surface area contributed by atoms with Crippen LogP contribution in [0.3, 0.4) is 0 Å². The first-order chi connectivity index (χ1) is 8.00. The summed E-state index contributed by atoms with van der Waals surface area (Å²) in [5, 5.41) is 11.2. The summed E-state index contributed by atoms with van der Waals surface area (Å²) in [6.45, 7) is 0. The number of aliphatic carboxylic acids is 1. The number of hydrogen-bond donors (Lipinski definition) is 2. The molecule has 0 saturated carbocycles. The van der Waals surface area contributed by atoms with E-state index >= 15 is 0 Å². The van der Waals surface area contributed by atoms with Gasteiger partial charge in [-0.25, -0.2) is 14.5 Å². The monoisotopic (exact) mass is 242 g/mol. The lowest BCUT2D eigenvalue weighted by Gasteiger charge is -2.38. The highest BCUT2D eigenvalue weighted by Crippen LogP contribution is 2.26. The molecule has 0 fully saturated rings. The van der Waals surface area contributed by atoms with E-state index in [1.54, 1.807) is 0 Å². The summed E-state index contributed by atoms with van der Waals surface area (Å²) in [6.07, 6.45) is 3.81. The van der Waals surface area contributed by atoms with Crippen molar-refractivity contribution in [3.63, 3.8) is 0 Å². The Morgan fingerprint density at radius 1 is 1.41 bits per heavy atom. The first-order valence-electron chi connectivity index (χ1n) is 4.76. The fraction of sp³-hybridized carbons (Fsp3) is 0.400. The van der Waals surface area contributed by atoms with E-state index < -0.39 is 17.9 Å². The second kappa shape index (κ2) is 4.98. The van der Waals surface area contributed by atoms with E-state index in [4.69, 9.17) is 14.6 Å². The molecular weight excluding hydrogens is 228 g/mol. The second-order valence-electron chi connectivity index (χ2n) is 3.19. The Hall–Kier alpha value is -1.86. The van der Waals surface area contributed by atoms with Crippen molar-refractivity contribution >= 4 is 12.0 Å². The Bertz CT molecular complexity index is 384. The molecule has 1 aliphatic heterocycles. The lowest BCUT2D eigenvalue weighted by Crippen LogP contribution is -2.54. The van der Waals surface area contributed by atoms with Crippen LogP contribution in [0.2, 0.25) is 0 Å². The second-order valence-corrected chi connectivity index (χ2v) is 3.19. The van der Waals surface area contributed by atoms with Crippen molar-refractivity contribution in [2.75, 3.05) is 21.3 Å². The zero-order chi connectivity index (χ0) is 13.1. The highest BCUT2D eigenvalue weighted by molar-refractivity contribution is 5.91. The summed E-state index contributed by atoms with van der Waals surface area (Å²) in [6, 6.07) is -0.545. The summed E-state index contributed by atoms with van der Waals surface area (Å²) in [7, 11) is 4.12. The quantitative estimate of drug-likeness (QED) is 0.686. The average Bonchev–Trinajstić information content (AvgIpc) is 2.36. The number of carboxylic acid groups (broad SMARTS) is 1. The van der Waals surface area contributed by atoms with Gasteiger partial charge in [0, 0.05) is 27.5 Å². The zero-order valence-corrected chi connectivity index (χ0v) is 9.76. The normalized spacial score (nSPS) is 17.6. The zero-order valence-electron chi connectivity index (χ0n) is 9.76. The number of hydrogen-bond acceptors (Lipinski definition) is 4. The van der Waals surface area contributed by atoms with Gasteiger partial charge >= 0.3 is 12.0 Å². The summed E-state index contributed by atoms with van der Waals surface area (Å²) < 4.78 is 10.2. The molecule has 0 aromatic rings. The lowest BCUT2D eigenvalue weighted by molar-refractivity contribution is -0.232. The molecule has 0 aromatic heterocycles. The largest absolute Gasteiger partial charge is 0.478 e. The van der Waals surface area contributed by atoms with Gasteiger partial charge in [-0.15, -0.1) is 0 Å². The summed E-state index contributed by atoms with van der Waals surface area (Å²) >= 11 is 0. The summed E-state index contributed by atoms with van der Waals surface area (Å²) in [4.78, 5) is 23.5. The minimum atomic E-state index is -1.43. The van der Waals surface area contributed by atoms with E-state index in [9.17, 15) is 9.59 Å². The van der Waals surface area contributed by atoms with Crippen molar-refractivity contribution < 1.29 is 24.2 Å². The average molecular weight is 242 g/mol. The number of carbonyl (C=O) groups excluding carboxylic acids is 1. The third-order valence-electron chi connectivity index (χ3n) is 2.34. The molecule has 0 spiro atoms. The van der Waals surface area contributed by atoms with Crippen LogP contribution in [-0.2, 0) is 14.3 Å². The van der Waals surface area contributed by atoms with Gasteiger partial charge in [0.25, 0.3) is 5.91 Å². The van der Waals surface area contributed by atoms with Gasteiger partial charge in [0.15, 0.2) is 0 Å². The van der Waals surface area contributed by atoms with Crippen molar-refractivity contribution in [3.8, 4) is 0 Å². The first-order valence-corrected chi connectivity index (χ1v) is 4.76. The Labute approximate surface area is 98.3 Å². The lowest BCUT2D eigenvalue weighted by atomic mass is 10.1. The topological polar surface area (TPSA) is 88.1 Å². The Morgan fingerprint density at radius 3 is 2.41 bits per heavy atom. The maximum absolute atomic E-state index is 11.7. The maximum Gasteiger partial charge on any atom is 0.337 e. The first kappa shape index (κ1) is 13.2. The molecule has 94 valence electrons. The van der Waals surface area contributed by atoms with Gasteiger partial charge in [-0.1, -0.05) is 0 Å². The SMILES string of the molecule is CNC(=O)N1C=C(C(=O)O)C=CC1(OC)OC. The number of nitrogens with zero attached hydrogens (tertiary/aromatic N) is 1. The highest BCUT2D eigenvalue weighted by Gasteiger charge is 2.40. The molecule has 1 aliphatic rings. The molecule has 7 heteroatoms. The third-order valence-corrected chi connectivity index (χ3v) is 2.34. The molecule has 0 bridgehead atoms. The van der Waals surface area contributed by atoms with E-state index in [0.29, 0.717) is 0 Å². The van der Waals surface area contributed by atoms with Crippen LogP contribution in [0.25, 0.3) is 0 Å². The van der Waals surface area contributed by atoms with Crippen LogP contribution in [-0.4, -0.2) is 49.2 Å². The van der Waals surface area contributed by atoms with Crippen LogP contribution in [0, 0.1) is 0 Å². The Kier molecular flexibility index (Phi) is 3.87. The van der Waals surface area contributed by atoms with Gasteiger partial charge in [-0.05, 0) is 12.2 Å². The van der Waals surface area contributed by atoms with Gasteiger partial charge in [0.1, 0.15) is 0 Å². The van der Waals surface area contributed by atoms with Crippen LogP contribution in [0.4, 0.5) is 4.79 Å². The van der Waals surface area contributed by atoms with Crippen molar-refractivity contribution in [1.29, 1.82) is 0 Å². The van der Waals surface area contributed by atoms with Crippen molar-refractivity contribution in [1.82, 2.24) is 10.2 Å². The highest BCUT2D eigenvalue weighted by atomic mass is 16.7. The predicted octanol–water partition coefficient (Wildman–Crippen LogP) is 0.113. The maximum atomic E-state index is 11.7. The smallest absolute Gasteiger partial charge is 0.337 e. The molecule has 0 saturated heterocycles. The standard InChI is InChI=1S/C10H14N2O5/c1-11-9(15)12-6-7(8(13)14)4-5-10(12,16-2)17-3/h4-6H,1-3H3,(H,11,15)(H,13,14). The third kappa shape index (κ3) is 2.29. The van der Waals surface area contributed by atoms with Gasteiger partial charge in [0.05, 0.1) is 5.57 Å². The number of rotatable bonds is 3. The van der Waals surface area contributed by atoms with Crippen LogP contribution in [0.5, 0.6) is 0 Å². The predicted molar refractivity (Wildman–Crippen MR) is 57.9 cm³/mol. The van der Waals surface area contributed by atoms with Crippen molar-refractivity contribution in [3.05, 3.63) is 23.9 Å². The molecule has 0 aliphatic carbocycles. The summed E-state index contributed by atoms with van der Waals surface area (Å²) in [5.74, 6) is -2.57. The molecule has 1 rings (SSSR count). The van der Waals surface area contributed by atoms with E-state index in [2.05, 4.69) is 5.32 Å². The Balaban J connectivity index is 3.17. The summed E-state index contributed by atoms with van der Waals surface area (Å²) in [5.41, 5.74) is -0.0432. The molecule has 17 heavy (non-hydrogen) atoms. The number of ether oxygens (including phenoxy) is 2. The molecule has 2 amide bonds. The number of carboxylic acids is 1. The fourth-order valence-corrected chi connectivity index (χ4v) is 1.41. The number of amides is 2. The van der Waals surface area contributed by atoms with Crippen LogP contribution >= 0.6 is 0 Å². The molecule has 0 radical (unpaired) electrons. The van der Waals surface area contributed by atoms with Crippen LogP contribution < -0.4 is 5.32 Å². The molecule has 2 N–H and O–H groups in total. The van der Waals surface area contributed by atoms with Gasteiger partial charge in [-0.2, -0.15) is 0 Å². The van der Waals surface area contributed by atoms with Gasteiger partial charge < -0.3 is 19.9 Å². The van der Waals surface area contributed by atoms with Gasteiger partial charge in [-0.3, -0.25) is 0 Å². The molecule has 1 heterocycles.